The summed E-state index contributed by atoms with van der Waals surface area (Å²) < 4.78 is 5.27. The number of para-hydroxylation sites is 1. The number of hydrogen-bond acceptors (Lipinski definition) is 2. The Morgan fingerprint density at radius 2 is 1.88 bits per heavy atom. The Bertz CT molecular complexity index is 865. The first-order valence-corrected chi connectivity index (χ1v) is 9.29. The lowest BCUT2D eigenvalue weighted by Gasteiger charge is -2.30. The molecule has 134 valence electrons. The molecule has 2 aromatic carbocycles. The number of likely N-dealkylation sites (tertiary alicyclic amines) is 1. The number of rotatable bonds is 3. The lowest BCUT2D eigenvalue weighted by molar-refractivity contribution is 0.0676. The Balaban J connectivity index is 1.66. The minimum atomic E-state index is 0.0870. The first-order valence-electron chi connectivity index (χ1n) is 9.29. The van der Waals surface area contributed by atoms with Gasteiger partial charge in [-0.3, -0.25) is 4.79 Å². The summed E-state index contributed by atoms with van der Waals surface area (Å²) in [5.74, 6) is 0.930. The molecule has 0 saturated carbocycles. The van der Waals surface area contributed by atoms with Gasteiger partial charge in [0.2, 0.25) is 0 Å². The highest BCUT2D eigenvalue weighted by molar-refractivity contribution is 5.98. The summed E-state index contributed by atoms with van der Waals surface area (Å²) in [7, 11) is 1.67. The van der Waals surface area contributed by atoms with Crippen LogP contribution in [0.1, 0.15) is 47.8 Å². The Hall–Kier alpha value is -2.75. The van der Waals surface area contributed by atoms with E-state index in [1.807, 2.05) is 47.4 Å². The van der Waals surface area contributed by atoms with E-state index in [0.29, 0.717) is 5.69 Å². The standard InChI is InChI=1S/C22H24N2O2/c1-26-18-12-10-16(11-13-18)21-9-3-2-6-14-24(21)22(25)20-15-17-7-4-5-8-19(17)23-20/h4-5,7-8,10-13,15,21,23H,2-3,6,9,14H2,1H3/t21-/m0/s1. The number of methoxy groups -OCH3 is 1. The van der Waals surface area contributed by atoms with Gasteiger partial charge in [-0.1, -0.05) is 43.2 Å². The van der Waals surface area contributed by atoms with E-state index in [9.17, 15) is 4.79 Å². The van der Waals surface area contributed by atoms with Crippen LogP contribution in [0, 0.1) is 0 Å². The second-order valence-electron chi connectivity index (χ2n) is 6.91. The molecule has 4 nitrogen and oxygen atoms in total. The zero-order valence-electron chi connectivity index (χ0n) is 15.1. The Morgan fingerprint density at radius 3 is 2.65 bits per heavy atom. The first kappa shape index (κ1) is 16.7. The van der Waals surface area contributed by atoms with Gasteiger partial charge in [-0.15, -0.1) is 0 Å². The number of carbonyl (C=O) groups excluding carboxylic acids is 1. The second-order valence-corrected chi connectivity index (χ2v) is 6.91. The molecule has 3 aromatic rings. The van der Waals surface area contributed by atoms with Gasteiger partial charge >= 0.3 is 0 Å². The fourth-order valence-corrected chi connectivity index (χ4v) is 3.87. The number of fused-ring (bicyclic) bond motifs is 1. The van der Waals surface area contributed by atoms with Crippen LogP contribution < -0.4 is 4.74 Å². The molecule has 1 aliphatic heterocycles. The number of hydrogen-bond donors (Lipinski definition) is 1. The fraction of sp³-hybridized carbons (Fsp3) is 0.318. The molecule has 4 rings (SSSR count). The molecule has 1 saturated heterocycles. The summed E-state index contributed by atoms with van der Waals surface area (Å²) in [6.07, 6.45) is 4.37. The van der Waals surface area contributed by atoms with Gasteiger partial charge < -0.3 is 14.6 Å². The lowest BCUT2D eigenvalue weighted by Crippen LogP contribution is -2.35. The monoisotopic (exact) mass is 348 g/mol. The highest BCUT2D eigenvalue weighted by Crippen LogP contribution is 2.32. The van der Waals surface area contributed by atoms with E-state index in [2.05, 4.69) is 17.1 Å². The largest absolute Gasteiger partial charge is 0.497 e. The molecule has 1 atom stereocenters. The molecule has 0 radical (unpaired) electrons. The van der Waals surface area contributed by atoms with Crippen molar-refractivity contribution in [3.8, 4) is 5.75 Å². The zero-order valence-corrected chi connectivity index (χ0v) is 15.1. The van der Waals surface area contributed by atoms with Gasteiger partial charge in [-0.05, 0) is 42.7 Å². The summed E-state index contributed by atoms with van der Waals surface area (Å²) in [4.78, 5) is 18.6. The SMILES string of the molecule is COc1ccc([C@@H]2CCCCCN2C(=O)c2cc3ccccc3[nH]2)cc1. The number of amides is 1. The van der Waals surface area contributed by atoms with Crippen LogP contribution in [0.25, 0.3) is 10.9 Å². The molecule has 1 N–H and O–H groups in total. The minimum Gasteiger partial charge on any atom is -0.497 e. The molecule has 26 heavy (non-hydrogen) atoms. The maximum atomic E-state index is 13.3. The van der Waals surface area contributed by atoms with Gasteiger partial charge in [-0.2, -0.15) is 0 Å². The summed E-state index contributed by atoms with van der Waals surface area (Å²) in [5.41, 5.74) is 2.86. The number of ether oxygens (including phenoxy) is 1. The van der Waals surface area contributed by atoms with Crippen LogP contribution >= 0.6 is 0 Å². The van der Waals surface area contributed by atoms with Crippen LogP contribution in [-0.4, -0.2) is 29.4 Å². The van der Waals surface area contributed by atoms with Gasteiger partial charge in [0.05, 0.1) is 13.2 Å². The van der Waals surface area contributed by atoms with Gasteiger partial charge in [0.15, 0.2) is 0 Å². The van der Waals surface area contributed by atoms with E-state index in [-0.39, 0.29) is 11.9 Å². The van der Waals surface area contributed by atoms with E-state index in [0.717, 1.165) is 42.5 Å². The van der Waals surface area contributed by atoms with Crippen LogP contribution in [0.4, 0.5) is 0 Å². The van der Waals surface area contributed by atoms with Crippen LogP contribution in [0.2, 0.25) is 0 Å². The number of carbonyl (C=O) groups is 1. The quantitative estimate of drug-likeness (QED) is 0.729. The van der Waals surface area contributed by atoms with Gasteiger partial charge in [0, 0.05) is 17.4 Å². The van der Waals surface area contributed by atoms with Crippen molar-refractivity contribution < 1.29 is 9.53 Å². The highest BCUT2D eigenvalue weighted by Gasteiger charge is 2.28. The smallest absolute Gasteiger partial charge is 0.270 e. The summed E-state index contributed by atoms with van der Waals surface area (Å²) in [5, 5.41) is 1.08. The number of aromatic nitrogens is 1. The van der Waals surface area contributed by atoms with E-state index >= 15 is 0 Å². The second kappa shape index (κ2) is 7.24. The molecule has 0 aliphatic carbocycles. The van der Waals surface area contributed by atoms with E-state index in [4.69, 9.17) is 4.74 Å². The van der Waals surface area contributed by atoms with Crippen LogP contribution in [0.3, 0.4) is 0 Å². The highest BCUT2D eigenvalue weighted by atomic mass is 16.5. The molecule has 0 unspecified atom stereocenters. The lowest BCUT2D eigenvalue weighted by atomic mass is 10.0. The molecular formula is C22H24N2O2. The van der Waals surface area contributed by atoms with Crippen LogP contribution in [0.15, 0.2) is 54.6 Å². The zero-order chi connectivity index (χ0) is 17.9. The van der Waals surface area contributed by atoms with Crippen molar-refractivity contribution in [1.82, 2.24) is 9.88 Å². The van der Waals surface area contributed by atoms with Gasteiger partial charge in [0.25, 0.3) is 5.91 Å². The molecule has 0 spiro atoms. The normalized spacial score (nSPS) is 17.9. The molecule has 1 aliphatic rings. The third-order valence-corrected chi connectivity index (χ3v) is 5.27. The summed E-state index contributed by atoms with van der Waals surface area (Å²) in [6, 6.07) is 18.2. The predicted molar refractivity (Wildman–Crippen MR) is 104 cm³/mol. The number of nitrogens with one attached hydrogen (secondary N) is 1. The number of H-pyrrole nitrogens is 1. The molecule has 2 heterocycles. The molecular weight excluding hydrogens is 324 g/mol. The van der Waals surface area contributed by atoms with Crippen LogP contribution in [-0.2, 0) is 0 Å². The van der Waals surface area contributed by atoms with E-state index in [1.165, 1.54) is 12.0 Å². The van der Waals surface area contributed by atoms with E-state index in [1.54, 1.807) is 7.11 Å². The minimum absolute atomic E-state index is 0.0870. The average molecular weight is 348 g/mol. The number of benzene rings is 2. The molecule has 4 heteroatoms. The summed E-state index contributed by atoms with van der Waals surface area (Å²) >= 11 is 0. The van der Waals surface area contributed by atoms with Crippen molar-refractivity contribution in [3.63, 3.8) is 0 Å². The van der Waals surface area contributed by atoms with Gasteiger partial charge in [-0.25, -0.2) is 0 Å². The van der Waals surface area contributed by atoms with Crippen molar-refractivity contribution in [2.24, 2.45) is 0 Å². The Labute approximate surface area is 153 Å². The van der Waals surface area contributed by atoms with Gasteiger partial charge in [0.1, 0.15) is 11.4 Å². The number of nitrogens with zero attached hydrogens (tertiary/aromatic N) is 1. The fourth-order valence-electron chi connectivity index (χ4n) is 3.87. The topological polar surface area (TPSA) is 45.3 Å². The van der Waals surface area contributed by atoms with Crippen molar-refractivity contribution >= 4 is 16.8 Å². The third-order valence-electron chi connectivity index (χ3n) is 5.27. The molecule has 1 aromatic heterocycles. The van der Waals surface area contributed by atoms with E-state index < -0.39 is 0 Å². The van der Waals surface area contributed by atoms with Crippen molar-refractivity contribution in [3.05, 3.63) is 65.9 Å². The maximum Gasteiger partial charge on any atom is 0.270 e. The number of aromatic amines is 1. The average Bonchev–Trinajstić information content (AvgIpc) is 2.97. The van der Waals surface area contributed by atoms with Crippen molar-refractivity contribution in [2.45, 2.75) is 31.7 Å². The Morgan fingerprint density at radius 1 is 1.08 bits per heavy atom. The molecule has 1 amide bonds. The predicted octanol–water partition coefficient (Wildman–Crippen LogP) is 4.93. The van der Waals surface area contributed by atoms with Crippen molar-refractivity contribution in [2.75, 3.05) is 13.7 Å². The Kier molecular flexibility index (Phi) is 4.65. The first-order chi connectivity index (χ1) is 12.8. The maximum absolute atomic E-state index is 13.3. The molecule has 0 bridgehead atoms. The third kappa shape index (κ3) is 3.19. The van der Waals surface area contributed by atoms with Crippen LogP contribution in [0.5, 0.6) is 5.75 Å². The summed E-state index contributed by atoms with van der Waals surface area (Å²) in [6.45, 7) is 0.797. The van der Waals surface area contributed by atoms with Crippen molar-refractivity contribution in [1.29, 1.82) is 0 Å². The molecule has 1 fully saturated rings.